The predicted molar refractivity (Wildman–Crippen MR) is 245 cm³/mol. The van der Waals surface area contributed by atoms with Crippen LogP contribution in [0.4, 0.5) is 0 Å². The number of hydrogen-bond acceptors (Lipinski definition) is 7. The number of ether oxygens (including phenoxy) is 2. The lowest BCUT2D eigenvalue weighted by Gasteiger charge is -2.28. The molecule has 0 aromatic carbocycles. The molecule has 9 heteroatoms. The number of unbranched alkanes of at least 4 members (excludes halogenated alkanes) is 22. The standard InChI is InChI=1S/C49H92NO7P/c1-6-8-10-12-14-16-18-20-21-22-23-24-25-26-27-28-29-30-31-33-35-37-39-41-44-54-46-48(47-56-58(52,53)55-45-43-50(3,4)5)57-49(51)42-40-38-36-34-32-19-17-15-13-11-9-7-2/h8,10,14,16,20-21,23-24,48H,6-7,9,11-13,15,17-19,22,25-47H2,1-5H3/b10-8-,16-14-,21-20-,24-23-. The van der Waals surface area contributed by atoms with Gasteiger partial charge in [0.15, 0.2) is 0 Å². The lowest BCUT2D eigenvalue weighted by molar-refractivity contribution is -0.870. The van der Waals surface area contributed by atoms with Crippen LogP contribution in [-0.4, -0.2) is 70.7 Å². The smallest absolute Gasteiger partial charge is 0.306 e. The van der Waals surface area contributed by atoms with Gasteiger partial charge in [0.25, 0.3) is 7.82 Å². The number of phosphoric acid groups is 1. The molecule has 58 heavy (non-hydrogen) atoms. The first-order valence-corrected chi connectivity index (χ1v) is 25.3. The summed E-state index contributed by atoms with van der Waals surface area (Å²) in [5.41, 5.74) is 0. The Balaban J connectivity index is 4.10. The van der Waals surface area contributed by atoms with E-state index in [9.17, 15) is 14.3 Å². The molecule has 0 aromatic heterocycles. The summed E-state index contributed by atoms with van der Waals surface area (Å²) in [5, 5.41) is 0. The second-order valence-corrected chi connectivity index (χ2v) is 18.5. The predicted octanol–water partition coefficient (Wildman–Crippen LogP) is 13.7. The highest BCUT2D eigenvalue weighted by molar-refractivity contribution is 7.45. The van der Waals surface area contributed by atoms with Crippen LogP contribution in [-0.2, 0) is 27.9 Å². The number of likely N-dealkylation sites (N-methyl/N-ethyl adjacent to an activating group) is 1. The van der Waals surface area contributed by atoms with Gasteiger partial charge >= 0.3 is 5.97 Å². The third kappa shape index (κ3) is 45.5. The third-order valence-corrected chi connectivity index (χ3v) is 11.1. The summed E-state index contributed by atoms with van der Waals surface area (Å²) in [6, 6.07) is 0. The summed E-state index contributed by atoms with van der Waals surface area (Å²) in [6.45, 7) is 5.30. The summed E-state index contributed by atoms with van der Waals surface area (Å²) in [6.07, 6.45) is 51.3. The SMILES string of the molecule is CC/C=C\C/C=C\C/C=C\C/C=C\CCCCCCCCCCCCCOCC(COP(=O)([O-])OCC[N+](C)(C)C)OC(=O)CCCCCCCCCCCCCC. The van der Waals surface area contributed by atoms with Gasteiger partial charge in [-0.15, -0.1) is 0 Å². The summed E-state index contributed by atoms with van der Waals surface area (Å²) < 4.78 is 34.6. The van der Waals surface area contributed by atoms with Crippen LogP contribution in [0.25, 0.3) is 0 Å². The molecule has 0 spiro atoms. The minimum Gasteiger partial charge on any atom is -0.756 e. The van der Waals surface area contributed by atoms with Crippen LogP contribution < -0.4 is 4.89 Å². The molecule has 0 heterocycles. The molecule has 0 saturated carbocycles. The van der Waals surface area contributed by atoms with Crippen molar-refractivity contribution >= 4 is 13.8 Å². The Labute approximate surface area is 358 Å². The fraction of sp³-hybridized carbons (Fsp3) is 0.816. The van der Waals surface area contributed by atoms with E-state index in [0.717, 1.165) is 57.8 Å². The minimum atomic E-state index is -4.52. The zero-order valence-electron chi connectivity index (χ0n) is 38.5. The highest BCUT2D eigenvalue weighted by Crippen LogP contribution is 2.38. The van der Waals surface area contributed by atoms with Crippen LogP contribution in [0.5, 0.6) is 0 Å². The molecule has 0 aliphatic rings. The van der Waals surface area contributed by atoms with Crippen molar-refractivity contribution in [3.05, 3.63) is 48.6 Å². The fourth-order valence-corrected chi connectivity index (χ4v) is 7.21. The maximum absolute atomic E-state index is 12.7. The molecule has 0 saturated heterocycles. The van der Waals surface area contributed by atoms with Gasteiger partial charge in [-0.2, -0.15) is 0 Å². The molecule has 0 bridgehead atoms. The number of phosphoric ester groups is 1. The Morgan fingerprint density at radius 2 is 1.00 bits per heavy atom. The normalized spacial score (nSPS) is 14.1. The number of carbonyl (C=O) groups excluding carboxylic acids is 1. The van der Waals surface area contributed by atoms with Crippen molar-refractivity contribution in [3.8, 4) is 0 Å². The van der Waals surface area contributed by atoms with Gasteiger partial charge in [0.1, 0.15) is 19.3 Å². The highest BCUT2D eigenvalue weighted by atomic mass is 31.2. The van der Waals surface area contributed by atoms with E-state index >= 15 is 0 Å². The molecule has 0 amide bonds. The summed E-state index contributed by atoms with van der Waals surface area (Å²) in [5.74, 6) is -0.335. The maximum atomic E-state index is 12.7. The van der Waals surface area contributed by atoms with E-state index in [1.807, 2.05) is 21.1 Å². The first-order chi connectivity index (χ1) is 28.1. The van der Waals surface area contributed by atoms with E-state index in [4.69, 9.17) is 18.5 Å². The zero-order chi connectivity index (χ0) is 42.7. The Kier molecular flexibility index (Phi) is 41.0. The average molecular weight is 838 g/mol. The van der Waals surface area contributed by atoms with E-state index in [1.165, 1.54) is 122 Å². The lowest BCUT2D eigenvalue weighted by Crippen LogP contribution is -2.37. The topological polar surface area (TPSA) is 94.1 Å². The summed E-state index contributed by atoms with van der Waals surface area (Å²) >= 11 is 0. The second-order valence-electron chi connectivity index (χ2n) is 17.1. The summed E-state index contributed by atoms with van der Waals surface area (Å²) in [7, 11) is 1.36. The van der Waals surface area contributed by atoms with Gasteiger partial charge in [-0.05, 0) is 51.4 Å². The maximum Gasteiger partial charge on any atom is 0.306 e. The van der Waals surface area contributed by atoms with Gasteiger partial charge in [0.2, 0.25) is 0 Å². The number of esters is 1. The van der Waals surface area contributed by atoms with Crippen LogP contribution in [0.15, 0.2) is 48.6 Å². The van der Waals surface area contributed by atoms with E-state index in [2.05, 4.69) is 62.5 Å². The first kappa shape index (κ1) is 56.5. The molecule has 0 radical (unpaired) electrons. The Morgan fingerprint density at radius 1 is 0.552 bits per heavy atom. The van der Waals surface area contributed by atoms with Gasteiger partial charge in [0, 0.05) is 13.0 Å². The van der Waals surface area contributed by atoms with Crippen LogP contribution in [0.1, 0.15) is 200 Å². The van der Waals surface area contributed by atoms with Gasteiger partial charge in [-0.1, -0.05) is 191 Å². The fourth-order valence-electron chi connectivity index (χ4n) is 6.48. The third-order valence-electron chi connectivity index (χ3n) is 10.1. The molecular weight excluding hydrogens is 746 g/mol. The Hall–Kier alpha value is -1.54. The van der Waals surface area contributed by atoms with Crippen LogP contribution in [0.2, 0.25) is 0 Å². The number of carbonyl (C=O) groups is 1. The van der Waals surface area contributed by atoms with Crippen molar-refractivity contribution < 1.29 is 37.3 Å². The lowest BCUT2D eigenvalue weighted by atomic mass is 10.0. The van der Waals surface area contributed by atoms with Crippen molar-refractivity contribution in [3.63, 3.8) is 0 Å². The molecule has 2 atom stereocenters. The molecule has 0 fully saturated rings. The van der Waals surface area contributed by atoms with Gasteiger partial charge < -0.3 is 27.9 Å². The molecular formula is C49H92NO7P. The van der Waals surface area contributed by atoms with E-state index < -0.39 is 13.9 Å². The summed E-state index contributed by atoms with van der Waals surface area (Å²) in [4.78, 5) is 25.1. The Morgan fingerprint density at radius 3 is 1.50 bits per heavy atom. The van der Waals surface area contributed by atoms with E-state index in [-0.39, 0.29) is 25.8 Å². The van der Waals surface area contributed by atoms with E-state index in [0.29, 0.717) is 24.1 Å². The van der Waals surface area contributed by atoms with Crippen molar-refractivity contribution in [1.82, 2.24) is 0 Å². The minimum absolute atomic E-state index is 0.0257. The van der Waals surface area contributed by atoms with Gasteiger partial charge in [0.05, 0.1) is 34.4 Å². The monoisotopic (exact) mass is 838 g/mol. The van der Waals surface area contributed by atoms with E-state index in [1.54, 1.807) is 0 Å². The largest absolute Gasteiger partial charge is 0.756 e. The van der Waals surface area contributed by atoms with Crippen LogP contribution >= 0.6 is 7.82 Å². The molecule has 0 N–H and O–H groups in total. The number of allylic oxidation sites excluding steroid dienone is 8. The van der Waals surface area contributed by atoms with Gasteiger partial charge in [-0.25, -0.2) is 0 Å². The number of quaternary nitrogens is 1. The second kappa shape index (κ2) is 42.2. The van der Waals surface area contributed by atoms with Crippen molar-refractivity contribution in [2.75, 3.05) is 54.1 Å². The number of hydrogen-bond donors (Lipinski definition) is 0. The number of nitrogens with zero attached hydrogens (tertiary/aromatic N) is 1. The molecule has 0 rings (SSSR count). The zero-order valence-corrected chi connectivity index (χ0v) is 39.4. The molecule has 0 aliphatic heterocycles. The average Bonchev–Trinajstić information content (AvgIpc) is 3.18. The van der Waals surface area contributed by atoms with Crippen LogP contribution in [0.3, 0.4) is 0 Å². The van der Waals surface area contributed by atoms with Crippen molar-refractivity contribution in [2.24, 2.45) is 0 Å². The first-order valence-electron chi connectivity index (χ1n) is 23.9. The molecule has 2 unspecified atom stereocenters. The molecule has 0 aromatic rings. The molecule has 340 valence electrons. The van der Waals surface area contributed by atoms with Gasteiger partial charge in [-0.3, -0.25) is 9.36 Å². The van der Waals surface area contributed by atoms with Crippen molar-refractivity contribution in [1.29, 1.82) is 0 Å². The highest BCUT2D eigenvalue weighted by Gasteiger charge is 2.20. The van der Waals surface area contributed by atoms with Crippen LogP contribution in [0, 0.1) is 0 Å². The van der Waals surface area contributed by atoms with Crippen molar-refractivity contribution in [2.45, 2.75) is 206 Å². The number of rotatable bonds is 44. The Bertz CT molecular complexity index is 1070. The molecule has 8 nitrogen and oxygen atoms in total. The molecule has 0 aliphatic carbocycles. The quantitative estimate of drug-likeness (QED) is 0.0198.